The van der Waals surface area contributed by atoms with E-state index in [0.717, 1.165) is 24.9 Å². The van der Waals surface area contributed by atoms with Gasteiger partial charge in [-0.05, 0) is 37.6 Å². The average molecular weight is 377 g/mol. The number of amides is 1. The van der Waals surface area contributed by atoms with Crippen molar-refractivity contribution < 1.29 is 4.79 Å². The second kappa shape index (κ2) is 6.45. The third-order valence-electron chi connectivity index (χ3n) is 4.75. The van der Waals surface area contributed by atoms with Gasteiger partial charge in [0.25, 0.3) is 5.56 Å². The molecule has 132 valence electrons. The zero-order valence-corrected chi connectivity index (χ0v) is 15.8. The Balaban J connectivity index is 1.64. The van der Waals surface area contributed by atoms with Crippen LogP contribution >= 0.6 is 23.1 Å². The lowest BCUT2D eigenvalue weighted by Gasteiger charge is -2.33. The summed E-state index contributed by atoms with van der Waals surface area (Å²) in [6, 6.07) is 2.21. The summed E-state index contributed by atoms with van der Waals surface area (Å²) < 4.78 is 4.04. The molecule has 0 N–H and O–H groups in total. The number of nitrogens with zero attached hydrogens (tertiary/aromatic N) is 5. The third kappa shape index (κ3) is 2.75. The minimum absolute atomic E-state index is 0.0698. The highest BCUT2D eigenvalue weighted by Gasteiger charge is 2.24. The standard InChI is InChI=1S/C16H19N5O2S2/c1-10-5-3-4-7-20(10)12(22)9-25-16-18-17-15-19(2)14(23)13-11(21(15)16)6-8-24-13/h6,8,10H,3-5,7,9H2,1-2H3. The smallest absolute Gasteiger partial charge is 0.272 e. The van der Waals surface area contributed by atoms with Crippen LogP contribution in [0.15, 0.2) is 21.4 Å². The highest BCUT2D eigenvalue weighted by Crippen LogP contribution is 2.25. The molecule has 1 aliphatic rings. The van der Waals surface area contributed by atoms with E-state index in [4.69, 9.17) is 0 Å². The predicted octanol–water partition coefficient (Wildman–Crippen LogP) is 2.14. The minimum atomic E-state index is -0.0698. The summed E-state index contributed by atoms with van der Waals surface area (Å²) in [5, 5.41) is 10.9. The first-order chi connectivity index (χ1) is 12.1. The van der Waals surface area contributed by atoms with Crippen LogP contribution in [0.3, 0.4) is 0 Å². The van der Waals surface area contributed by atoms with Crippen LogP contribution < -0.4 is 5.56 Å². The molecule has 4 rings (SSSR count). The van der Waals surface area contributed by atoms with E-state index in [-0.39, 0.29) is 11.5 Å². The van der Waals surface area contributed by atoms with Crippen molar-refractivity contribution in [1.29, 1.82) is 0 Å². The second-order valence-corrected chi connectivity index (χ2v) is 8.20. The molecule has 25 heavy (non-hydrogen) atoms. The van der Waals surface area contributed by atoms with Crippen molar-refractivity contribution in [3.63, 3.8) is 0 Å². The highest BCUT2D eigenvalue weighted by atomic mass is 32.2. The molecule has 7 nitrogen and oxygen atoms in total. The Bertz CT molecular complexity index is 1010. The summed E-state index contributed by atoms with van der Waals surface area (Å²) in [5.74, 6) is 0.970. The van der Waals surface area contributed by atoms with Gasteiger partial charge >= 0.3 is 0 Å². The summed E-state index contributed by atoms with van der Waals surface area (Å²) in [6.45, 7) is 2.95. The maximum absolute atomic E-state index is 12.6. The lowest BCUT2D eigenvalue weighted by atomic mass is 10.0. The number of rotatable bonds is 3. The van der Waals surface area contributed by atoms with E-state index >= 15 is 0 Å². The first kappa shape index (κ1) is 16.6. The Morgan fingerprint density at radius 1 is 1.40 bits per heavy atom. The molecule has 4 heterocycles. The minimum Gasteiger partial charge on any atom is -0.339 e. The largest absolute Gasteiger partial charge is 0.339 e. The average Bonchev–Trinajstić information content (AvgIpc) is 3.24. The molecule has 1 atom stereocenters. The summed E-state index contributed by atoms with van der Waals surface area (Å²) in [6.07, 6.45) is 3.34. The van der Waals surface area contributed by atoms with Crippen molar-refractivity contribution in [3.05, 3.63) is 21.8 Å². The Morgan fingerprint density at radius 2 is 2.24 bits per heavy atom. The van der Waals surface area contributed by atoms with Crippen LogP contribution in [0.2, 0.25) is 0 Å². The van der Waals surface area contributed by atoms with Crippen LogP contribution in [-0.2, 0) is 11.8 Å². The highest BCUT2D eigenvalue weighted by molar-refractivity contribution is 7.99. The number of aryl methyl sites for hydroxylation is 1. The molecule has 3 aromatic heterocycles. The molecule has 1 fully saturated rings. The molecule has 1 saturated heterocycles. The molecule has 0 spiro atoms. The summed E-state index contributed by atoms with van der Waals surface area (Å²) in [4.78, 5) is 26.9. The quantitative estimate of drug-likeness (QED) is 0.654. The normalized spacial score (nSPS) is 18.3. The molecule has 0 aromatic carbocycles. The molecule has 1 amide bonds. The van der Waals surface area contributed by atoms with E-state index in [2.05, 4.69) is 17.1 Å². The van der Waals surface area contributed by atoms with Crippen molar-refractivity contribution in [1.82, 2.24) is 24.1 Å². The monoisotopic (exact) mass is 377 g/mol. The van der Waals surface area contributed by atoms with E-state index in [1.807, 2.05) is 20.7 Å². The molecule has 0 radical (unpaired) electrons. The van der Waals surface area contributed by atoms with Gasteiger partial charge in [-0.2, -0.15) is 0 Å². The summed E-state index contributed by atoms with van der Waals surface area (Å²) in [5.41, 5.74) is 0.731. The van der Waals surface area contributed by atoms with Crippen LogP contribution in [0.5, 0.6) is 0 Å². The maximum atomic E-state index is 12.6. The van der Waals surface area contributed by atoms with Crippen LogP contribution in [-0.4, -0.2) is 48.3 Å². The van der Waals surface area contributed by atoms with Crippen molar-refractivity contribution in [2.24, 2.45) is 7.05 Å². The van der Waals surface area contributed by atoms with E-state index in [0.29, 0.717) is 27.4 Å². The van der Waals surface area contributed by atoms with Gasteiger partial charge in [-0.3, -0.25) is 18.6 Å². The first-order valence-corrected chi connectivity index (χ1v) is 10.2. The van der Waals surface area contributed by atoms with Gasteiger partial charge in [-0.1, -0.05) is 11.8 Å². The maximum Gasteiger partial charge on any atom is 0.272 e. The Morgan fingerprint density at radius 3 is 3.04 bits per heavy atom. The van der Waals surface area contributed by atoms with Gasteiger partial charge in [0.1, 0.15) is 4.70 Å². The molecule has 0 bridgehead atoms. The Labute approximate surface area is 152 Å². The lowest BCUT2D eigenvalue weighted by Crippen LogP contribution is -2.42. The zero-order chi connectivity index (χ0) is 17.6. The van der Waals surface area contributed by atoms with E-state index in [9.17, 15) is 9.59 Å². The number of carbonyl (C=O) groups is 1. The topological polar surface area (TPSA) is 72.5 Å². The van der Waals surface area contributed by atoms with Crippen LogP contribution in [0.4, 0.5) is 0 Å². The number of thioether (sulfide) groups is 1. The molecule has 0 aliphatic carbocycles. The molecule has 9 heteroatoms. The number of hydrogen-bond donors (Lipinski definition) is 0. The van der Waals surface area contributed by atoms with Gasteiger partial charge in [-0.25, -0.2) is 0 Å². The van der Waals surface area contributed by atoms with Gasteiger partial charge < -0.3 is 4.90 Å². The Kier molecular flexibility index (Phi) is 4.28. The van der Waals surface area contributed by atoms with Crippen molar-refractivity contribution in [2.75, 3.05) is 12.3 Å². The van der Waals surface area contributed by atoms with Gasteiger partial charge in [-0.15, -0.1) is 21.5 Å². The molecular formula is C16H19N5O2S2. The molecular weight excluding hydrogens is 358 g/mol. The van der Waals surface area contributed by atoms with Crippen LogP contribution in [0, 0.1) is 0 Å². The summed E-state index contributed by atoms with van der Waals surface area (Å²) >= 11 is 2.79. The van der Waals surface area contributed by atoms with Gasteiger partial charge in [0, 0.05) is 19.6 Å². The number of piperidine rings is 1. The second-order valence-electron chi connectivity index (χ2n) is 6.34. The summed E-state index contributed by atoms with van der Waals surface area (Å²) in [7, 11) is 1.69. The first-order valence-electron chi connectivity index (χ1n) is 8.31. The number of hydrogen-bond acceptors (Lipinski definition) is 6. The van der Waals surface area contributed by atoms with Crippen LogP contribution in [0.1, 0.15) is 26.2 Å². The fourth-order valence-electron chi connectivity index (χ4n) is 3.34. The third-order valence-corrected chi connectivity index (χ3v) is 6.55. The van der Waals surface area contributed by atoms with Crippen molar-refractivity contribution in [3.8, 4) is 0 Å². The van der Waals surface area contributed by atoms with Crippen molar-refractivity contribution >= 4 is 45.0 Å². The van der Waals surface area contributed by atoms with Gasteiger partial charge in [0.2, 0.25) is 11.7 Å². The fourth-order valence-corrected chi connectivity index (χ4v) is 5.02. The SMILES string of the molecule is CC1CCCCN1C(=O)CSc1nnc2n(C)c(=O)c3sccc3n12. The lowest BCUT2D eigenvalue weighted by molar-refractivity contribution is -0.131. The van der Waals surface area contributed by atoms with E-state index < -0.39 is 0 Å². The number of thiophene rings is 1. The van der Waals surface area contributed by atoms with Gasteiger partial charge in [0.15, 0.2) is 5.16 Å². The van der Waals surface area contributed by atoms with Crippen LogP contribution in [0.25, 0.3) is 16.0 Å². The molecule has 3 aromatic rings. The van der Waals surface area contributed by atoms with E-state index in [1.165, 1.54) is 34.1 Å². The van der Waals surface area contributed by atoms with E-state index in [1.54, 1.807) is 7.05 Å². The molecule has 0 saturated carbocycles. The van der Waals surface area contributed by atoms with Gasteiger partial charge in [0.05, 0.1) is 11.3 Å². The Hall–Kier alpha value is -1.87. The van der Waals surface area contributed by atoms with Crippen molar-refractivity contribution in [2.45, 2.75) is 37.4 Å². The zero-order valence-electron chi connectivity index (χ0n) is 14.1. The number of aromatic nitrogens is 4. The number of likely N-dealkylation sites (tertiary alicyclic amines) is 1. The fraction of sp³-hybridized carbons (Fsp3) is 0.500. The molecule has 1 unspecified atom stereocenters. The molecule has 1 aliphatic heterocycles. The number of carbonyl (C=O) groups excluding carboxylic acids is 1. The predicted molar refractivity (Wildman–Crippen MR) is 99.4 cm³/mol. The number of fused-ring (bicyclic) bond motifs is 3.